The molecule has 0 amide bonds. The molecule has 7 nitrogen and oxygen atoms in total. The van der Waals surface area contributed by atoms with Crippen molar-refractivity contribution in [3.05, 3.63) is 47.3 Å². The van der Waals surface area contributed by atoms with Crippen LogP contribution in [0.3, 0.4) is 0 Å². The molecule has 116 valence electrons. The van der Waals surface area contributed by atoms with E-state index in [1.54, 1.807) is 18.2 Å². The van der Waals surface area contributed by atoms with E-state index in [9.17, 15) is 13.7 Å². The first-order valence-electron chi connectivity index (χ1n) is 6.76. The third-order valence-electron chi connectivity index (χ3n) is 3.62. The van der Waals surface area contributed by atoms with Crippen LogP contribution in [0.4, 0.5) is 11.6 Å². The summed E-state index contributed by atoms with van der Waals surface area (Å²) >= 11 is 0. The second kappa shape index (κ2) is 5.37. The predicted octanol–water partition coefficient (Wildman–Crippen LogP) is 1.63. The maximum absolute atomic E-state index is 12.4. The summed E-state index contributed by atoms with van der Waals surface area (Å²) in [5, 5.41) is 9.18. The summed E-state index contributed by atoms with van der Waals surface area (Å²) in [4.78, 5) is 7.31. The molecule has 1 heterocycles. The Morgan fingerprint density at radius 2 is 2.00 bits per heavy atom. The molecule has 23 heavy (non-hydrogen) atoms. The Balaban J connectivity index is 2.01. The van der Waals surface area contributed by atoms with Crippen LogP contribution in [-0.2, 0) is 16.4 Å². The van der Waals surface area contributed by atoms with E-state index < -0.39 is 10.0 Å². The van der Waals surface area contributed by atoms with Gasteiger partial charge < -0.3 is 5.73 Å². The lowest BCUT2D eigenvalue weighted by Gasteiger charge is -2.14. The van der Waals surface area contributed by atoms with Crippen LogP contribution in [0.1, 0.15) is 16.7 Å². The molecule has 0 spiro atoms. The van der Waals surface area contributed by atoms with Gasteiger partial charge in [0, 0.05) is 5.56 Å². The van der Waals surface area contributed by atoms with Gasteiger partial charge in [0.05, 0.1) is 29.7 Å². The number of sulfonamides is 1. The number of nitrogen functional groups attached to an aromatic ring is 1. The first-order valence-corrected chi connectivity index (χ1v) is 8.24. The van der Waals surface area contributed by atoms with E-state index >= 15 is 0 Å². The van der Waals surface area contributed by atoms with E-state index in [0.717, 1.165) is 29.1 Å². The molecule has 0 saturated carbocycles. The van der Waals surface area contributed by atoms with Crippen LogP contribution in [0, 0.1) is 18.3 Å². The number of nitriles is 1. The summed E-state index contributed by atoms with van der Waals surface area (Å²) in [5.41, 5.74) is 8.90. The average Bonchev–Trinajstić information content (AvgIpc) is 2.95. The molecule has 3 rings (SSSR count). The highest BCUT2D eigenvalue weighted by Crippen LogP contribution is 2.35. The maximum atomic E-state index is 12.4. The molecule has 0 bridgehead atoms. The van der Waals surface area contributed by atoms with Crippen LogP contribution < -0.4 is 10.5 Å². The zero-order valence-corrected chi connectivity index (χ0v) is 13.1. The third-order valence-corrected chi connectivity index (χ3v) is 4.94. The Bertz CT molecular complexity index is 957. The Kier molecular flexibility index (Phi) is 3.50. The van der Waals surface area contributed by atoms with Crippen molar-refractivity contribution >= 4 is 27.2 Å². The fourth-order valence-electron chi connectivity index (χ4n) is 2.52. The van der Waals surface area contributed by atoms with E-state index in [0.29, 0.717) is 17.7 Å². The Hall–Kier alpha value is -2.92. The highest BCUT2D eigenvalue weighted by Gasteiger charge is 2.23. The smallest absolute Gasteiger partial charge is 0.264 e. The van der Waals surface area contributed by atoms with Crippen molar-refractivity contribution in [3.63, 3.8) is 0 Å². The standard InChI is InChI=1S/C15H13N5O2S/c1-9-2-5-13(12-4-3-10(6-16)14(9)12)20-23(21,22)11-7-18-15(17)19-8-11/h2-3,5,7-8,20H,4H2,1H3,(H2,17,18,19). The van der Waals surface area contributed by atoms with Gasteiger partial charge in [0.2, 0.25) is 5.95 Å². The number of fused-ring (bicyclic) bond motifs is 1. The minimum absolute atomic E-state index is 0.00281. The Labute approximate surface area is 133 Å². The van der Waals surface area contributed by atoms with Gasteiger partial charge in [-0.05, 0) is 30.5 Å². The monoisotopic (exact) mass is 327 g/mol. The molecule has 0 fully saturated rings. The number of allylic oxidation sites excluding steroid dienone is 2. The summed E-state index contributed by atoms with van der Waals surface area (Å²) in [6.45, 7) is 1.89. The van der Waals surface area contributed by atoms with E-state index in [1.807, 2.05) is 6.92 Å². The van der Waals surface area contributed by atoms with E-state index in [-0.39, 0.29) is 10.8 Å². The number of nitrogens with two attached hydrogens (primary N) is 1. The lowest BCUT2D eigenvalue weighted by atomic mass is 9.99. The predicted molar refractivity (Wildman–Crippen MR) is 85.7 cm³/mol. The van der Waals surface area contributed by atoms with Crippen LogP contribution >= 0.6 is 0 Å². The molecule has 1 aromatic heterocycles. The van der Waals surface area contributed by atoms with Crippen molar-refractivity contribution in [2.45, 2.75) is 18.2 Å². The second-order valence-electron chi connectivity index (χ2n) is 5.10. The molecule has 8 heteroatoms. The van der Waals surface area contributed by atoms with Gasteiger partial charge in [-0.15, -0.1) is 0 Å². The van der Waals surface area contributed by atoms with E-state index in [4.69, 9.17) is 5.73 Å². The largest absolute Gasteiger partial charge is 0.368 e. The van der Waals surface area contributed by atoms with Crippen molar-refractivity contribution in [2.24, 2.45) is 0 Å². The Morgan fingerprint density at radius 1 is 1.30 bits per heavy atom. The van der Waals surface area contributed by atoms with Crippen molar-refractivity contribution in [1.82, 2.24) is 9.97 Å². The third kappa shape index (κ3) is 2.62. The number of rotatable bonds is 3. The summed E-state index contributed by atoms with van der Waals surface area (Å²) in [6.07, 6.45) is 4.61. The lowest BCUT2D eigenvalue weighted by molar-refractivity contribution is 0.600. The summed E-state index contributed by atoms with van der Waals surface area (Å²) in [5.74, 6) is 0.00281. The summed E-state index contributed by atoms with van der Waals surface area (Å²) in [6, 6.07) is 5.62. The van der Waals surface area contributed by atoms with Crippen molar-refractivity contribution in [2.75, 3.05) is 10.5 Å². The van der Waals surface area contributed by atoms with Crippen molar-refractivity contribution in [3.8, 4) is 6.07 Å². The minimum Gasteiger partial charge on any atom is -0.368 e. The van der Waals surface area contributed by atoms with E-state index in [2.05, 4.69) is 20.8 Å². The second-order valence-corrected chi connectivity index (χ2v) is 6.78. The van der Waals surface area contributed by atoms with Crippen LogP contribution in [0.25, 0.3) is 5.57 Å². The Morgan fingerprint density at radius 3 is 2.65 bits per heavy atom. The molecule has 0 radical (unpaired) electrons. The molecular formula is C15H13N5O2S. The number of nitrogens with zero attached hydrogens (tertiary/aromatic N) is 3. The van der Waals surface area contributed by atoms with Gasteiger partial charge in [0.15, 0.2) is 0 Å². The first kappa shape index (κ1) is 15.0. The number of aryl methyl sites for hydroxylation is 1. The number of anilines is 2. The lowest BCUT2D eigenvalue weighted by Crippen LogP contribution is -2.15. The summed E-state index contributed by atoms with van der Waals surface area (Å²) in [7, 11) is -3.83. The molecule has 0 unspecified atom stereocenters. The van der Waals surface area contributed by atoms with Gasteiger partial charge in [0.1, 0.15) is 4.90 Å². The zero-order chi connectivity index (χ0) is 16.6. The molecule has 1 aliphatic carbocycles. The van der Waals surface area contributed by atoms with Gasteiger partial charge in [-0.2, -0.15) is 5.26 Å². The topological polar surface area (TPSA) is 122 Å². The van der Waals surface area contributed by atoms with Gasteiger partial charge >= 0.3 is 0 Å². The average molecular weight is 327 g/mol. The molecule has 2 aromatic rings. The highest BCUT2D eigenvalue weighted by molar-refractivity contribution is 7.92. The van der Waals surface area contributed by atoms with Gasteiger partial charge in [-0.3, -0.25) is 4.72 Å². The quantitative estimate of drug-likeness (QED) is 0.883. The highest BCUT2D eigenvalue weighted by atomic mass is 32.2. The van der Waals surface area contributed by atoms with Gasteiger partial charge in [-0.25, -0.2) is 18.4 Å². The molecule has 1 aliphatic rings. The zero-order valence-electron chi connectivity index (χ0n) is 12.2. The maximum Gasteiger partial charge on any atom is 0.264 e. The fraction of sp³-hybridized carbons (Fsp3) is 0.133. The number of hydrogen-bond donors (Lipinski definition) is 2. The molecular weight excluding hydrogens is 314 g/mol. The van der Waals surface area contributed by atoms with Crippen LogP contribution in [0.5, 0.6) is 0 Å². The van der Waals surface area contributed by atoms with Crippen molar-refractivity contribution < 1.29 is 8.42 Å². The minimum atomic E-state index is -3.83. The SMILES string of the molecule is Cc1ccc(NS(=O)(=O)c2cnc(N)nc2)c2c1C(C#N)=CC2. The van der Waals surface area contributed by atoms with Gasteiger partial charge in [0.25, 0.3) is 10.0 Å². The molecule has 0 atom stereocenters. The van der Waals surface area contributed by atoms with E-state index in [1.165, 1.54) is 0 Å². The number of hydrogen-bond acceptors (Lipinski definition) is 6. The molecule has 3 N–H and O–H groups in total. The number of aromatic nitrogens is 2. The number of benzene rings is 1. The van der Waals surface area contributed by atoms with Crippen molar-refractivity contribution in [1.29, 1.82) is 5.26 Å². The normalized spacial score (nSPS) is 13.1. The number of nitrogens with one attached hydrogen (secondary N) is 1. The fourth-order valence-corrected chi connectivity index (χ4v) is 3.51. The van der Waals surface area contributed by atoms with Crippen LogP contribution in [0.2, 0.25) is 0 Å². The molecule has 0 aliphatic heterocycles. The van der Waals surface area contributed by atoms with Gasteiger partial charge in [-0.1, -0.05) is 12.1 Å². The first-order chi connectivity index (χ1) is 10.9. The molecule has 0 saturated heterocycles. The summed E-state index contributed by atoms with van der Waals surface area (Å²) < 4.78 is 27.4. The molecule has 1 aromatic carbocycles. The van der Waals surface area contributed by atoms with Crippen LogP contribution in [0.15, 0.2) is 35.5 Å². The van der Waals surface area contributed by atoms with Crippen LogP contribution in [-0.4, -0.2) is 18.4 Å².